The van der Waals surface area contributed by atoms with E-state index >= 15 is 0 Å². The Morgan fingerprint density at radius 1 is 0.952 bits per heavy atom. The van der Waals surface area contributed by atoms with Gasteiger partial charge in [0.25, 0.3) is 5.91 Å². The maximum atomic E-state index is 12.4. The first-order chi connectivity index (χ1) is 10.1. The van der Waals surface area contributed by atoms with Gasteiger partial charge in [-0.3, -0.25) is 4.79 Å². The third-order valence-corrected chi connectivity index (χ3v) is 4.35. The third kappa shape index (κ3) is 3.22. The van der Waals surface area contributed by atoms with Crippen LogP contribution < -0.4 is 5.32 Å². The number of hydrogen-bond acceptors (Lipinski definition) is 1. The Morgan fingerprint density at radius 2 is 1.71 bits per heavy atom. The average Bonchev–Trinajstić information content (AvgIpc) is 2.50. The third-order valence-electron chi connectivity index (χ3n) is 3.79. The average molecular weight is 320 g/mol. The first-order valence-corrected chi connectivity index (χ1v) is 7.77. The highest BCUT2D eigenvalue weighted by Gasteiger charge is 2.14. The van der Waals surface area contributed by atoms with Crippen molar-refractivity contribution in [3.05, 3.63) is 63.1 Å². The van der Waals surface area contributed by atoms with Crippen molar-refractivity contribution in [3.63, 3.8) is 0 Å². The molecule has 1 N–H and O–H groups in total. The lowest BCUT2D eigenvalue weighted by Crippen LogP contribution is -2.14. The van der Waals surface area contributed by atoms with Crippen LogP contribution in [0.25, 0.3) is 0 Å². The molecule has 0 saturated heterocycles. The molecule has 0 bridgehead atoms. The van der Waals surface area contributed by atoms with Crippen LogP contribution in [-0.2, 0) is 12.8 Å². The minimum Gasteiger partial charge on any atom is -0.321 e. The molecule has 21 heavy (non-hydrogen) atoms. The van der Waals surface area contributed by atoms with Gasteiger partial charge in [-0.15, -0.1) is 0 Å². The highest BCUT2D eigenvalue weighted by atomic mass is 35.5. The van der Waals surface area contributed by atoms with Crippen LogP contribution in [0, 0.1) is 0 Å². The molecule has 0 unspecified atom stereocenters. The summed E-state index contributed by atoms with van der Waals surface area (Å²) < 4.78 is 0. The summed E-state index contributed by atoms with van der Waals surface area (Å²) in [7, 11) is 0. The normalized spacial score (nSPS) is 13.6. The van der Waals surface area contributed by atoms with Crippen LogP contribution in [0.2, 0.25) is 10.0 Å². The Hall–Kier alpha value is -1.51. The van der Waals surface area contributed by atoms with Crippen molar-refractivity contribution < 1.29 is 4.79 Å². The van der Waals surface area contributed by atoms with Gasteiger partial charge in [-0.2, -0.15) is 0 Å². The Balaban J connectivity index is 1.83. The molecule has 0 atom stereocenters. The smallest absolute Gasteiger partial charge is 0.255 e. The molecule has 2 aromatic carbocycles. The Kier molecular flexibility index (Phi) is 4.18. The quantitative estimate of drug-likeness (QED) is 0.817. The summed E-state index contributed by atoms with van der Waals surface area (Å²) in [5, 5.41) is 3.84. The molecule has 0 radical (unpaired) electrons. The van der Waals surface area contributed by atoms with Gasteiger partial charge in [0.2, 0.25) is 0 Å². The fraction of sp³-hybridized carbons (Fsp3) is 0.235. The van der Waals surface area contributed by atoms with Crippen LogP contribution in [0.15, 0.2) is 36.4 Å². The fourth-order valence-electron chi connectivity index (χ4n) is 2.66. The molecular weight excluding hydrogens is 305 g/mol. The van der Waals surface area contributed by atoms with Gasteiger partial charge in [0.1, 0.15) is 0 Å². The molecule has 0 spiro atoms. The van der Waals surface area contributed by atoms with Gasteiger partial charge in [-0.25, -0.2) is 0 Å². The van der Waals surface area contributed by atoms with Gasteiger partial charge in [-0.1, -0.05) is 29.3 Å². The van der Waals surface area contributed by atoms with Crippen LogP contribution in [-0.4, -0.2) is 5.91 Å². The fourth-order valence-corrected chi connectivity index (χ4v) is 3.00. The number of carbonyl (C=O) groups is 1. The standard InChI is InChI=1S/C17H15Cl2NO/c18-14-7-8-15(19)16(10-14)20-17(21)13-6-5-11-3-1-2-4-12(11)9-13/h5-10H,1-4H2,(H,20,21). The minimum absolute atomic E-state index is 0.160. The van der Waals surface area contributed by atoms with Crippen LogP contribution >= 0.6 is 23.2 Å². The number of aryl methyl sites for hydroxylation is 2. The van der Waals surface area contributed by atoms with Crippen molar-refractivity contribution >= 4 is 34.8 Å². The van der Waals surface area contributed by atoms with E-state index in [9.17, 15) is 4.79 Å². The van der Waals surface area contributed by atoms with E-state index in [1.165, 1.54) is 24.0 Å². The number of hydrogen-bond donors (Lipinski definition) is 1. The van der Waals surface area contributed by atoms with Gasteiger partial charge >= 0.3 is 0 Å². The number of fused-ring (bicyclic) bond motifs is 1. The van der Waals surface area contributed by atoms with Crippen molar-refractivity contribution in [2.45, 2.75) is 25.7 Å². The van der Waals surface area contributed by atoms with E-state index in [4.69, 9.17) is 23.2 Å². The molecule has 0 heterocycles. The lowest BCUT2D eigenvalue weighted by atomic mass is 9.90. The second-order valence-corrected chi connectivity index (χ2v) is 6.11. The molecule has 1 aliphatic carbocycles. The summed E-state index contributed by atoms with van der Waals surface area (Å²) in [5.74, 6) is -0.160. The lowest BCUT2D eigenvalue weighted by molar-refractivity contribution is 0.102. The molecule has 108 valence electrons. The van der Waals surface area contributed by atoms with Gasteiger partial charge in [0.15, 0.2) is 0 Å². The second kappa shape index (κ2) is 6.08. The van der Waals surface area contributed by atoms with Crippen LogP contribution in [0.5, 0.6) is 0 Å². The van der Waals surface area contributed by atoms with Crippen molar-refractivity contribution in [1.82, 2.24) is 0 Å². The van der Waals surface area contributed by atoms with E-state index in [2.05, 4.69) is 11.4 Å². The van der Waals surface area contributed by atoms with E-state index in [0.29, 0.717) is 21.3 Å². The van der Waals surface area contributed by atoms with Crippen molar-refractivity contribution in [2.75, 3.05) is 5.32 Å². The predicted molar refractivity (Wildman–Crippen MR) is 87.5 cm³/mol. The number of rotatable bonds is 2. The number of benzene rings is 2. The molecule has 3 rings (SSSR count). The maximum Gasteiger partial charge on any atom is 0.255 e. The van der Waals surface area contributed by atoms with Crippen molar-refractivity contribution in [3.8, 4) is 0 Å². The zero-order valence-corrected chi connectivity index (χ0v) is 13.0. The van der Waals surface area contributed by atoms with Crippen molar-refractivity contribution in [2.24, 2.45) is 0 Å². The molecule has 1 aliphatic rings. The SMILES string of the molecule is O=C(Nc1cc(Cl)ccc1Cl)c1ccc2c(c1)CCCC2. The largest absolute Gasteiger partial charge is 0.321 e. The van der Waals surface area contributed by atoms with E-state index in [0.717, 1.165) is 12.8 Å². The Morgan fingerprint density at radius 3 is 2.52 bits per heavy atom. The zero-order valence-electron chi connectivity index (χ0n) is 11.5. The van der Waals surface area contributed by atoms with Crippen LogP contribution in [0.4, 0.5) is 5.69 Å². The summed E-state index contributed by atoms with van der Waals surface area (Å²) in [4.78, 5) is 12.4. The van der Waals surface area contributed by atoms with E-state index in [-0.39, 0.29) is 5.91 Å². The zero-order chi connectivity index (χ0) is 14.8. The molecule has 2 aromatic rings. The van der Waals surface area contributed by atoms with Gasteiger partial charge in [0.05, 0.1) is 10.7 Å². The summed E-state index contributed by atoms with van der Waals surface area (Å²) in [5.41, 5.74) is 3.84. The molecule has 0 aliphatic heterocycles. The van der Waals surface area contributed by atoms with E-state index in [1.54, 1.807) is 18.2 Å². The highest BCUT2D eigenvalue weighted by Crippen LogP contribution is 2.27. The monoisotopic (exact) mass is 319 g/mol. The van der Waals surface area contributed by atoms with Gasteiger partial charge in [0, 0.05) is 10.6 Å². The molecule has 0 aromatic heterocycles. The first-order valence-electron chi connectivity index (χ1n) is 7.02. The Labute approximate surface area is 134 Å². The number of carbonyl (C=O) groups excluding carboxylic acids is 1. The molecule has 4 heteroatoms. The van der Waals surface area contributed by atoms with E-state index < -0.39 is 0 Å². The summed E-state index contributed by atoms with van der Waals surface area (Å²) >= 11 is 12.0. The van der Waals surface area contributed by atoms with Crippen LogP contribution in [0.3, 0.4) is 0 Å². The molecule has 1 amide bonds. The number of anilines is 1. The summed E-state index contributed by atoms with van der Waals surface area (Å²) in [6, 6.07) is 10.9. The summed E-state index contributed by atoms with van der Waals surface area (Å²) in [6.45, 7) is 0. The lowest BCUT2D eigenvalue weighted by Gasteiger charge is -2.16. The molecule has 0 saturated carbocycles. The summed E-state index contributed by atoms with van der Waals surface area (Å²) in [6.07, 6.45) is 4.58. The van der Waals surface area contributed by atoms with Gasteiger partial charge < -0.3 is 5.32 Å². The van der Waals surface area contributed by atoms with Gasteiger partial charge in [-0.05, 0) is 67.1 Å². The Bertz CT molecular complexity index is 697. The maximum absolute atomic E-state index is 12.4. The number of amides is 1. The number of halogens is 2. The van der Waals surface area contributed by atoms with E-state index in [1.807, 2.05) is 12.1 Å². The van der Waals surface area contributed by atoms with Crippen LogP contribution in [0.1, 0.15) is 34.3 Å². The highest BCUT2D eigenvalue weighted by molar-refractivity contribution is 6.35. The predicted octanol–water partition coefficient (Wildman–Crippen LogP) is 5.12. The second-order valence-electron chi connectivity index (χ2n) is 5.27. The molecular formula is C17H15Cl2NO. The number of nitrogens with one attached hydrogen (secondary N) is 1. The molecule has 0 fully saturated rings. The minimum atomic E-state index is -0.160. The van der Waals surface area contributed by atoms with Crippen molar-refractivity contribution in [1.29, 1.82) is 0 Å². The first kappa shape index (κ1) is 14.4. The molecule has 2 nitrogen and oxygen atoms in total. The topological polar surface area (TPSA) is 29.1 Å².